The molecule has 0 radical (unpaired) electrons. The van der Waals surface area contributed by atoms with E-state index in [-0.39, 0.29) is 42.1 Å². The van der Waals surface area contributed by atoms with E-state index in [1.807, 2.05) is 103 Å². The Morgan fingerprint density at radius 2 is 1.15 bits per heavy atom. The number of ether oxygens (including phenoxy) is 3. The number of hydrogen-bond acceptors (Lipinski definition) is 12. The summed E-state index contributed by atoms with van der Waals surface area (Å²) in [4.78, 5) is 100. The highest BCUT2D eigenvalue weighted by atomic mass is 35.5. The number of rotatable bonds is 22. The van der Waals surface area contributed by atoms with Gasteiger partial charge in [-0.1, -0.05) is 146 Å². The summed E-state index contributed by atoms with van der Waals surface area (Å²) < 4.78 is 18.7. The minimum absolute atomic E-state index is 0.0445. The summed E-state index contributed by atoms with van der Waals surface area (Å²) in [6.07, 6.45) is 7.63. The van der Waals surface area contributed by atoms with Gasteiger partial charge in [-0.05, 0) is 232 Å². The second-order valence-corrected chi connectivity index (χ2v) is 30.3. The quantitative estimate of drug-likeness (QED) is 0.0394. The molecule has 610 valence electrons. The van der Waals surface area contributed by atoms with Crippen molar-refractivity contribution in [3.8, 4) is 17.2 Å². The summed E-state index contributed by atoms with van der Waals surface area (Å²) in [5, 5.41) is 42.8. The van der Waals surface area contributed by atoms with Crippen LogP contribution in [0.5, 0.6) is 17.2 Å². The number of fused-ring (bicyclic) bond motifs is 5. The molecule has 1 aliphatic heterocycles. The first-order valence-electron chi connectivity index (χ1n) is 39.0. The molecule has 117 heavy (non-hydrogen) atoms. The molecule has 4 atom stereocenters. The number of ketones is 2. The largest absolute Gasteiger partial charge is 0.497 e. The molecule has 0 saturated carbocycles. The molecule has 0 spiro atoms. The monoisotopic (exact) mass is 1600 g/mol. The van der Waals surface area contributed by atoms with Crippen LogP contribution in [0.25, 0.3) is 48.9 Å². The maximum absolute atomic E-state index is 13.0. The molecule has 1 aliphatic carbocycles. The van der Waals surface area contributed by atoms with Crippen LogP contribution in [0.15, 0.2) is 206 Å². The number of carboxylic acids is 4. The van der Waals surface area contributed by atoms with Crippen LogP contribution in [-0.4, -0.2) is 146 Å². The van der Waals surface area contributed by atoms with Crippen molar-refractivity contribution in [3.05, 3.63) is 284 Å². The van der Waals surface area contributed by atoms with Crippen molar-refractivity contribution in [2.45, 2.75) is 119 Å². The number of H-pyrrole nitrogens is 1. The molecule has 5 N–H and O–H groups in total. The van der Waals surface area contributed by atoms with Crippen molar-refractivity contribution < 1.29 is 73.0 Å². The van der Waals surface area contributed by atoms with Gasteiger partial charge in [-0.15, -0.1) is 0 Å². The van der Waals surface area contributed by atoms with Crippen molar-refractivity contribution in [3.63, 3.8) is 0 Å². The van der Waals surface area contributed by atoms with Gasteiger partial charge in [0, 0.05) is 89.2 Å². The van der Waals surface area contributed by atoms with Crippen molar-refractivity contribution in [1.82, 2.24) is 23.9 Å². The third-order valence-corrected chi connectivity index (χ3v) is 21.5. The lowest BCUT2D eigenvalue weighted by Gasteiger charge is -2.40. The lowest BCUT2D eigenvalue weighted by molar-refractivity contribution is -0.139. The van der Waals surface area contributed by atoms with E-state index in [0.717, 1.165) is 83.2 Å². The first-order chi connectivity index (χ1) is 55.8. The van der Waals surface area contributed by atoms with Crippen LogP contribution in [0.2, 0.25) is 5.02 Å². The highest BCUT2D eigenvalue weighted by molar-refractivity contribution is 6.30. The molecule has 0 bridgehead atoms. The fraction of sp³-hybridized carbons (Fsp3) is 0.292. The van der Waals surface area contributed by atoms with Crippen LogP contribution in [0, 0.1) is 25.7 Å². The lowest BCUT2D eigenvalue weighted by Crippen LogP contribution is -2.47. The number of aromatic amines is 1. The van der Waals surface area contributed by atoms with E-state index in [2.05, 4.69) is 93.3 Å². The molecular weight excluding hydrogens is 1500 g/mol. The summed E-state index contributed by atoms with van der Waals surface area (Å²) in [7, 11) is 8.70. The second kappa shape index (κ2) is 40.8. The van der Waals surface area contributed by atoms with Gasteiger partial charge in [-0.25, -0.2) is 0 Å². The molecule has 1 amide bonds. The summed E-state index contributed by atoms with van der Waals surface area (Å²) in [5.74, 6) is -1.32. The number of aryl methyl sites for hydroxylation is 2. The Morgan fingerprint density at radius 1 is 0.598 bits per heavy atom. The average Bonchev–Trinajstić information content (AvgIpc) is 1.68. The van der Waals surface area contributed by atoms with Crippen LogP contribution >= 0.6 is 11.6 Å². The van der Waals surface area contributed by atoms with Crippen molar-refractivity contribution in [2.75, 3.05) is 48.0 Å². The van der Waals surface area contributed by atoms with E-state index in [1.165, 1.54) is 48.7 Å². The minimum atomic E-state index is -0.955. The Hall–Kier alpha value is -12.4. The number of halogens is 1. The van der Waals surface area contributed by atoms with E-state index < -0.39 is 35.7 Å². The van der Waals surface area contributed by atoms with Gasteiger partial charge in [-0.2, -0.15) is 0 Å². The van der Waals surface area contributed by atoms with Gasteiger partial charge >= 0.3 is 23.9 Å². The third-order valence-electron chi connectivity index (χ3n) is 21.2. The standard InChI is InChI=1S/C20H25N3O.C19H16ClNO4.C15H15NO3.C15H16O2.C14H14O3.C13H18O2/c1-4-23(5-2)20(24)14-9-16-15-7-6-8-17-19(15)13(11-21-17)10-18(16)22(3)12-14;1-11-15(10-18(22)23)16-9-14(25-2)7-8-17(16)21(11)19(24)12-3-5-13(20)6-4-12;1-10-3-5-11(6-4-10)15(19)13-8-7-12(16(13)2)9-14(17)18;1-11(16)3-4-12-5-6-14-10-15(17-2)8-7-13(14)9-12;1-9(14(15)16)10-3-4-12-8-13(17-2)6-5-11(12)7-10;1-9(2)8-11-4-6-12(7-5-11)10(3)13(14)15/h6-9,11,14,18,21H,4-5,10,12H2,1-3H3;3-9H,10H2,1-2H3,(H,22,23);3-8H,9H2,1-2H3,(H,17,18);5-10H,3-4H2,1-2H3;3-9H,1-2H3,(H,15,16);4-7,9-10H,8H2,1-3H3,(H,14,15)/t14-,18-;;;;9-;/m1...0./s1. The zero-order chi connectivity index (χ0) is 85.1. The van der Waals surface area contributed by atoms with Crippen LogP contribution in [-0.2, 0) is 67.9 Å². The van der Waals surface area contributed by atoms with Gasteiger partial charge in [-0.3, -0.25) is 43.0 Å². The van der Waals surface area contributed by atoms with Crippen LogP contribution in [0.4, 0.5) is 0 Å². The number of Topliss-reactive ketones (excluding diaryl/α,β-unsaturated/α-hetero) is 1. The average molecular weight is 1600 g/mol. The number of benzene rings is 9. The molecule has 1 unspecified atom stereocenters. The van der Waals surface area contributed by atoms with Gasteiger partial charge in [0.25, 0.3) is 5.91 Å². The Morgan fingerprint density at radius 3 is 1.73 bits per heavy atom. The number of aliphatic carboxylic acids is 4. The Labute approximate surface area is 687 Å². The maximum atomic E-state index is 13.0. The highest BCUT2D eigenvalue weighted by Gasteiger charge is 2.37. The van der Waals surface area contributed by atoms with Crippen LogP contribution in [0.1, 0.15) is 149 Å². The normalized spacial score (nSPS) is 13.7. The number of likely N-dealkylation sites (N-methyl/N-ethyl adjacent to an activating group) is 1. The summed E-state index contributed by atoms with van der Waals surface area (Å²) in [6.45, 7) is 19.5. The molecule has 20 nitrogen and oxygen atoms in total. The second-order valence-electron chi connectivity index (χ2n) is 29.8. The third kappa shape index (κ3) is 22.6. The predicted octanol–water partition coefficient (Wildman–Crippen LogP) is 18.5. The first-order valence-corrected chi connectivity index (χ1v) is 39.4. The molecule has 9 aromatic carbocycles. The minimum Gasteiger partial charge on any atom is -0.497 e. The fourth-order valence-corrected chi connectivity index (χ4v) is 14.6. The number of methoxy groups -OCH3 is 3. The fourth-order valence-electron chi connectivity index (χ4n) is 14.5. The molecule has 3 aromatic heterocycles. The summed E-state index contributed by atoms with van der Waals surface area (Å²) in [5.41, 5.74) is 14.5. The summed E-state index contributed by atoms with van der Waals surface area (Å²) >= 11 is 5.89. The van der Waals surface area contributed by atoms with Gasteiger partial charge in [0.15, 0.2) is 0 Å². The van der Waals surface area contributed by atoms with E-state index in [4.69, 9.17) is 41.1 Å². The SMILES string of the molecule is CC(C)Cc1ccc(C(C)C(=O)O)cc1.CCN(CC)C(=O)[C@@H]1C=C2c3cccc4[nH]cc(c34)C[C@H]2N(C)C1.COc1ccc2c(c1)c(CC(=O)O)c(C)n2C(=O)c1ccc(Cl)cc1.COc1ccc2cc(CCC(C)=O)ccc2c1.COc1ccc2cc([C@H](C)C(=O)O)ccc2c1.Cc1ccc(C(=O)c2ccc(CC(=O)O)n2C)cc1. The molecular formula is C96H104ClN5O15. The van der Waals surface area contributed by atoms with Gasteiger partial charge in [0.1, 0.15) is 23.0 Å². The van der Waals surface area contributed by atoms with Crippen molar-refractivity contribution >= 4 is 108 Å². The van der Waals surface area contributed by atoms with Gasteiger partial charge in [0.2, 0.25) is 11.7 Å². The molecule has 12 aromatic rings. The number of carboxylic acid groups (broad SMARTS) is 4. The number of amides is 1. The van der Waals surface area contributed by atoms with E-state index in [0.29, 0.717) is 73.8 Å². The molecule has 0 fully saturated rings. The van der Waals surface area contributed by atoms with Crippen molar-refractivity contribution in [1.29, 1.82) is 0 Å². The number of carbonyl (C=O) groups excluding carboxylic acids is 4. The van der Waals surface area contributed by atoms with E-state index in [9.17, 15) is 43.5 Å². The zero-order valence-electron chi connectivity index (χ0n) is 68.8. The molecule has 2 aliphatic rings. The first kappa shape index (κ1) is 88.6. The molecule has 0 saturated heterocycles. The van der Waals surface area contributed by atoms with Gasteiger partial charge < -0.3 is 53.9 Å². The number of nitrogens with zero attached hydrogens (tertiary/aromatic N) is 4. The molecule has 14 rings (SSSR count). The van der Waals surface area contributed by atoms with Crippen LogP contribution in [0.3, 0.4) is 0 Å². The zero-order valence-corrected chi connectivity index (χ0v) is 69.6. The number of aromatic nitrogens is 3. The predicted molar refractivity (Wildman–Crippen MR) is 462 cm³/mol. The topological polar surface area (TPSA) is 277 Å². The number of hydrogen-bond donors (Lipinski definition) is 5. The highest BCUT2D eigenvalue weighted by Crippen LogP contribution is 2.41. The smallest absolute Gasteiger partial charge is 0.310 e. The molecule has 4 heterocycles. The van der Waals surface area contributed by atoms with Crippen LogP contribution < -0.4 is 14.2 Å². The Balaban J connectivity index is 0.000000162. The lowest BCUT2D eigenvalue weighted by atomic mass is 9.79. The molecule has 21 heteroatoms. The van der Waals surface area contributed by atoms with Gasteiger partial charge in [0.05, 0.1) is 63.1 Å². The maximum Gasteiger partial charge on any atom is 0.310 e. The van der Waals surface area contributed by atoms with E-state index in [1.54, 1.807) is 127 Å². The number of nitrogens with one attached hydrogen (secondary N) is 1. The van der Waals surface area contributed by atoms with Crippen molar-refractivity contribution in [2.24, 2.45) is 18.9 Å². The number of carbonyl (C=O) groups is 8. The Bertz CT molecular complexity index is 5590. The Kier molecular flexibility index (Phi) is 30.8. The summed E-state index contributed by atoms with van der Waals surface area (Å²) in [6, 6.07) is 61.0. The van der Waals surface area contributed by atoms with E-state index >= 15 is 0 Å².